The van der Waals surface area contributed by atoms with Gasteiger partial charge in [-0.25, -0.2) is 0 Å². The van der Waals surface area contributed by atoms with Crippen LogP contribution in [0.15, 0.2) is 18.3 Å². The Morgan fingerprint density at radius 2 is 2.06 bits per heavy atom. The molecule has 1 saturated carbocycles. The van der Waals surface area contributed by atoms with Crippen molar-refractivity contribution in [2.75, 3.05) is 11.9 Å². The van der Waals surface area contributed by atoms with E-state index < -0.39 is 0 Å². The number of nitrogens with zero attached hydrogens (tertiary/aromatic N) is 2. The maximum absolute atomic E-state index is 5.54. The summed E-state index contributed by atoms with van der Waals surface area (Å²) in [6.45, 7) is 0. The summed E-state index contributed by atoms with van der Waals surface area (Å²) in [5, 5.41) is 0. The van der Waals surface area contributed by atoms with Crippen LogP contribution in [0.1, 0.15) is 37.8 Å². The Bertz CT molecular complexity index is 382. The Labute approximate surface area is 108 Å². The maximum Gasteiger partial charge on any atom is 0.122 e. The largest absolute Gasteiger partial charge is 0.388 e. The van der Waals surface area contributed by atoms with Crippen molar-refractivity contribution in [3.05, 3.63) is 24.0 Å². The quantitative estimate of drug-likeness (QED) is 0.836. The molecule has 17 heavy (non-hydrogen) atoms. The van der Waals surface area contributed by atoms with E-state index in [4.69, 9.17) is 18.0 Å². The molecule has 1 aliphatic carbocycles. The molecular weight excluding hydrogens is 230 g/mol. The van der Waals surface area contributed by atoms with Crippen molar-refractivity contribution < 1.29 is 0 Å². The number of aromatic nitrogens is 1. The lowest BCUT2D eigenvalue weighted by Gasteiger charge is -2.32. The van der Waals surface area contributed by atoms with Crippen LogP contribution >= 0.6 is 12.2 Å². The van der Waals surface area contributed by atoms with Crippen molar-refractivity contribution in [2.45, 2.75) is 38.1 Å². The minimum Gasteiger partial charge on any atom is -0.388 e. The van der Waals surface area contributed by atoms with E-state index in [9.17, 15) is 0 Å². The number of hydrogen-bond donors (Lipinski definition) is 1. The van der Waals surface area contributed by atoms with Gasteiger partial charge in [0.1, 0.15) is 4.99 Å². The molecule has 1 aromatic heterocycles. The number of rotatable bonds is 3. The Kier molecular flexibility index (Phi) is 3.94. The lowest BCUT2D eigenvalue weighted by atomic mass is 9.94. The summed E-state index contributed by atoms with van der Waals surface area (Å²) in [7, 11) is 2.15. The van der Waals surface area contributed by atoms with E-state index in [1.807, 2.05) is 12.3 Å². The molecule has 1 aromatic rings. The molecule has 3 nitrogen and oxygen atoms in total. The van der Waals surface area contributed by atoms with E-state index in [0.717, 1.165) is 5.69 Å². The lowest BCUT2D eigenvalue weighted by molar-refractivity contribution is 0.427. The van der Waals surface area contributed by atoms with Crippen LogP contribution in [-0.4, -0.2) is 23.1 Å². The van der Waals surface area contributed by atoms with Gasteiger partial charge in [0.25, 0.3) is 0 Å². The third-order valence-corrected chi connectivity index (χ3v) is 3.74. The Morgan fingerprint density at radius 3 is 2.59 bits per heavy atom. The molecular formula is C13H19N3S. The summed E-state index contributed by atoms with van der Waals surface area (Å²) in [5.74, 6) is 0. The second-order valence-electron chi connectivity index (χ2n) is 4.67. The predicted octanol–water partition coefficient (Wildman–Crippen LogP) is 2.48. The molecule has 0 aliphatic heterocycles. The van der Waals surface area contributed by atoms with Crippen molar-refractivity contribution in [2.24, 2.45) is 5.73 Å². The van der Waals surface area contributed by atoms with E-state index in [1.165, 1.54) is 32.1 Å². The van der Waals surface area contributed by atoms with Gasteiger partial charge in [0.05, 0.1) is 17.6 Å². The van der Waals surface area contributed by atoms with Crippen molar-refractivity contribution >= 4 is 22.9 Å². The van der Waals surface area contributed by atoms with Crippen molar-refractivity contribution in [3.8, 4) is 0 Å². The van der Waals surface area contributed by atoms with E-state index in [-0.39, 0.29) is 0 Å². The molecule has 0 amide bonds. The molecule has 0 radical (unpaired) electrons. The van der Waals surface area contributed by atoms with Gasteiger partial charge < -0.3 is 10.6 Å². The number of hydrogen-bond acceptors (Lipinski definition) is 3. The van der Waals surface area contributed by atoms with Crippen LogP contribution in [0, 0.1) is 0 Å². The highest BCUT2D eigenvalue weighted by atomic mass is 32.1. The van der Waals surface area contributed by atoms with Crippen LogP contribution in [0.25, 0.3) is 0 Å². The van der Waals surface area contributed by atoms with E-state index in [2.05, 4.69) is 23.0 Å². The third kappa shape index (κ3) is 2.94. The molecule has 1 heterocycles. The van der Waals surface area contributed by atoms with Crippen molar-refractivity contribution in [1.29, 1.82) is 0 Å². The first-order chi connectivity index (χ1) is 8.18. The van der Waals surface area contributed by atoms with Crippen LogP contribution in [0.5, 0.6) is 0 Å². The van der Waals surface area contributed by atoms with Gasteiger partial charge in [-0.15, -0.1) is 0 Å². The standard InChI is InChI=1S/C13H19N3S/c1-16(10-5-3-2-4-6-10)11-7-8-12(13(14)17)15-9-11/h7-10H,2-6H2,1H3,(H2,14,17). The van der Waals surface area contributed by atoms with Gasteiger partial charge in [0, 0.05) is 13.1 Å². The fourth-order valence-corrected chi connectivity index (χ4v) is 2.54. The molecule has 2 N–H and O–H groups in total. The molecule has 0 bridgehead atoms. The highest BCUT2D eigenvalue weighted by Gasteiger charge is 2.18. The average Bonchev–Trinajstić information content (AvgIpc) is 2.39. The normalized spacial score (nSPS) is 16.8. The number of thiocarbonyl (C=S) groups is 1. The first-order valence-corrected chi connectivity index (χ1v) is 6.58. The second kappa shape index (κ2) is 5.45. The summed E-state index contributed by atoms with van der Waals surface area (Å²) < 4.78 is 0. The molecule has 1 fully saturated rings. The summed E-state index contributed by atoms with van der Waals surface area (Å²) in [4.78, 5) is 6.97. The molecule has 0 atom stereocenters. The van der Waals surface area contributed by atoms with Crippen LogP contribution in [0.3, 0.4) is 0 Å². The highest BCUT2D eigenvalue weighted by Crippen LogP contribution is 2.25. The highest BCUT2D eigenvalue weighted by molar-refractivity contribution is 7.80. The maximum atomic E-state index is 5.54. The van der Waals surface area contributed by atoms with Crippen LogP contribution in [-0.2, 0) is 0 Å². The van der Waals surface area contributed by atoms with Gasteiger partial charge in [-0.3, -0.25) is 4.98 Å². The lowest BCUT2D eigenvalue weighted by Crippen LogP contribution is -2.33. The first-order valence-electron chi connectivity index (χ1n) is 6.17. The monoisotopic (exact) mass is 249 g/mol. The van der Waals surface area contributed by atoms with Crippen molar-refractivity contribution in [3.63, 3.8) is 0 Å². The SMILES string of the molecule is CN(c1ccc(C(N)=S)nc1)C1CCCCC1. The summed E-state index contributed by atoms with van der Waals surface area (Å²) in [6.07, 6.45) is 8.49. The van der Waals surface area contributed by atoms with Crippen LogP contribution in [0.4, 0.5) is 5.69 Å². The number of nitrogens with two attached hydrogens (primary N) is 1. The minimum atomic E-state index is 0.358. The topological polar surface area (TPSA) is 42.1 Å². The molecule has 2 rings (SSSR count). The zero-order valence-electron chi connectivity index (χ0n) is 10.2. The molecule has 1 aliphatic rings. The molecule has 0 aromatic carbocycles. The van der Waals surface area contributed by atoms with Gasteiger partial charge in [0.15, 0.2) is 0 Å². The third-order valence-electron chi connectivity index (χ3n) is 3.53. The molecule has 0 spiro atoms. The zero-order valence-corrected chi connectivity index (χ0v) is 11.0. The van der Waals surface area contributed by atoms with Gasteiger partial charge in [-0.05, 0) is 25.0 Å². The average molecular weight is 249 g/mol. The van der Waals surface area contributed by atoms with Crippen LogP contribution in [0.2, 0.25) is 0 Å². The van der Waals surface area contributed by atoms with E-state index in [0.29, 0.717) is 16.7 Å². The zero-order chi connectivity index (χ0) is 12.3. The Morgan fingerprint density at radius 1 is 1.35 bits per heavy atom. The van der Waals surface area contributed by atoms with Gasteiger partial charge in [-0.1, -0.05) is 31.5 Å². The first kappa shape index (κ1) is 12.3. The van der Waals surface area contributed by atoms with E-state index in [1.54, 1.807) is 0 Å². The van der Waals surface area contributed by atoms with E-state index >= 15 is 0 Å². The van der Waals surface area contributed by atoms with Crippen LogP contribution < -0.4 is 10.6 Å². The Hall–Kier alpha value is -1.16. The summed E-state index contributed by atoms with van der Waals surface area (Å²) >= 11 is 4.90. The van der Waals surface area contributed by atoms with Gasteiger partial charge in [0.2, 0.25) is 0 Å². The fourth-order valence-electron chi connectivity index (χ4n) is 2.42. The molecule has 4 heteroatoms. The van der Waals surface area contributed by atoms with Crippen molar-refractivity contribution in [1.82, 2.24) is 4.98 Å². The van der Waals surface area contributed by atoms with Gasteiger partial charge >= 0.3 is 0 Å². The smallest absolute Gasteiger partial charge is 0.122 e. The predicted molar refractivity (Wildman–Crippen MR) is 75.4 cm³/mol. The number of anilines is 1. The number of pyridine rings is 1. The minimum absolute atomic E-state index is 0.358. The summed E-state index contributed by atoms with van der Waals surface area (Å²) in [5.41, 5.74) is 7.38. The molecule has 0 unspecified atom stereocenters. The molecule has 0 saturated heterocycles. The summed E-state index contributed by atoms with van der Waals surface area (Å²) in [6, 6.07) is 4.61. The second-order valence-corrected chi connectivity index (χ2v) is 5.11. The Balaban J connectivity index is 2.07. The fraction of sp³-hybridized carbons (Fsp3) is 0.538. The molecule has 92 valence electrons. The van der Waals surface area contributed by atoms with Gasteiger partial charge in [-0.2, -0.15) is 0 Å².